The molecule has 0 aliphatic rings. The zero-order valence-corrected chi connectivity index (χ0v) is 11.6. The van der Waals surface area contributed by atoms with Gasteiger partial charge in [-0.15, -0.1) is 11.3 Å². The van der Waals surface area contributed by atoms with Crippen molar-refractivity contribution in [2.24, 2.45) is 0 Å². The first-order valence-corrected chi connectivity index (χ1v) is 6.93. The molecule has 1 heterocycles. The molecule has 0 amide bonds. The van der Waals surface area contributed by atoms with E-state index in [-0.39, 0.29) is 5.56 Å². The maximum absolute atomic E-state index is 12.7. The average molecular weight is 324 g/mol. The largest absolute Gasteiger partial charge is 0.416 e. The van der Waals surface area contributed by atoms with E-state index in [4.69, 9.17) is 0 Å². The number of fused-ring (bicyclic) bond motifs is 1. The van der Waals surface area contributed by atoms with Crippen molar-refractivity contribution in [1.29, 1.82) is 0 Å². The van der Waals surface area contributed by atoms with E-state index in [0.29, 0.717) is 17.1 Å². The van der Waals surface area contributed by atoms with Crippen LogP contribution in [0, 0.1) is 10.1 Å². The third kappa shape index (κ3) is 2.52. The van der Waals surface area contributed by atoms with Gasteiger partial charge in [-0.2, -0.15) is 13.2 Å². The fourth-order valence-electron chi connectivity index (χ4n) is 2.13. The molecule has 0 aliphatic carbocycles. The minimum atomic E-state index is -4.62. The van der Waals surface area contributed by atoms with Crippen molar-refractivity contribution in [3.05, 3.63) is 57.6 Å². The van der Waals surface area contributed by atoms with Crippen molar-refractivity contribution in [3.8, 4) is 11.1 Å². The number of alkyl halides is 3. The summed E-state index contributed by atoms with van der Waals surface area (Å²) in [5, 5.41) is 11.1. The van der Waals surface area contributed by atoms with Gasteiger partial charge in [-0.05, 0) is 29.8 Å². The first-order chi connectivity index (χ1) is 10.4. The zero-order chi connectivity index (χ0) is 15.9. The Balaban J connectivity index is 2.18. The summed E-state index contributed by atoms with van der Waals surface area (Å²) in [6, 6.07) is 7.52. The summed E-state index contributed by atoms with van der Waals surface area (Å²) in [6.07, 6.45) is -4.62. The van der Waals surface area contributed by atoms with E-state index in [1.165, 1.54) is 11.3 Å². The molecule has 0 fully saturated rings. The van der Waals surface area contributed by atoms with Gasteiger partial charge in [0.1, 0.15) is 0 Å². The molecule has 4 nitrogen and oxygen atoms in total. The molecule has 2 aromatic carbocycles. The minimum absolute atomic E-state index is 0.132. The highest BCUT2D eigenvalue weighted by Crippen LogP contribution is 2.37. The van der Waals surface area contributed by atoms with E-state index in [1.54, 1.807) is 23.7 Å². The van der Waals surface area contributed by atoms with Crippen LogP contribution < -0.4 is 0 Å². The number of aromatic nitrogens is 1. The predicted molar refractivity (Wildman–Crippen MR) is 76.7 cm³/mol. The molecular weight excluding hydrogens is 317 g/mol. The van der Waals surface area contributed by atoms with Crippen LogP contribution in [0.5, 0.6) is 0 Å². The van der Waals surface area contributed by atoms with Crippen LogP contribution in [0.25, 0.3) is 21.3 Å². The van der Waals surface area contributed by atoms with Crippen molar-refractivity contribution in [1.82, 2.24) is 4.98 Å². The van der Waals surface area contributed by atoms with Crippen LogP contribution >= 0.6 is 11.3 Å². The summed E-state index contributed by atoms with van der Waals surface area (Å²) in [5.74, 6) is 0. The average Bonchev–Trinajstić information content (AvgIpc) is 2.92. The molecule has 3 rings (SSSR count). The predicted octanol–water partition coefficient (Wildman–Crippen LogP) is 4.89. The summed E-state index contributed by atoms with van der Waals surface area (Å²) in [5.41, 5.74) is 1.25. The molecule has 0 bridgehead atoms. The SMILES string of the molecule is O=[N+]([O-])c1cc(C(F)(F)F)ccc1-c1ccc2scnc2c1. The molecule has 0 radical (unpaired) electrons. The van der Waals surface area contributed by atoms with E-state index in [2.05, 4.69) is 4.98 Å². The molecule has 1 aromatic heterocycles. The second-order valence-corrected chi connectivity index (χ2v) is 5.41. The number of hydrogen-bond donors (Lipinski definition) is 0. The molecule has 3 aromatic rings. The van der Waals surface area contributed by atoms with Crippen LogP contribution in [0.1, 0.15) is 5.56 Å². The second-order valence-electron chi connectivity index (χ2n) is 4.52. The number of benzene rings is 2. The van der Waals surface area contributed by atoms with Gasteiger partial charge in [-0.1, -0.05) is 6.07 Å². The number of thiazole rings is 1. The number of hydrogen-bond acceptors (Lipinski definition) is 4. The Morgan fingerprint density at radius 2 is 1.91 bits per heavy atom. The smallest absolute Gasteiger partial charge is 0.258 e. The van der Waals surface area contributed by atoms with Crippen LogP contribution in [0.4, 0.5) is 18.9 Å². The molecule has 0 saturated heterocycles. The molecule has 8 heteroatoms. The number of nitro benzene ring substituents is 1. The van der Waals surface area contributed by atoms with Crippen molar-refractivity contribution in [3.63, 3.8) is 0 Å². The Morgan fingerprint density at radius 3 is 2.59 bits per heavy atom. The monoisotopic (exact) mass is 324 g/mol. The van der Waals surface area contributed by atoms with Gasteiger partial charge in [0.2, 0.25) is 0 Å². The van der Waals surface area contributed by atoms with Crippen LogP contribution in [-0.2, 0) is 6.18 Å². The van der Waals surface area contributed by atoms with E-state index in [9.17, 15) is 23.3 Å². The Labute approximate surface area is 126 Å². The van der Waals surface area contributed by atoms with Gasteiger partial charge >= 0.3 is 6.18 Å². The summed E-state index contributed by atoms with van der Waals surface area (Å²) < 4.78 is 39.0. The highest BCUT2D eigenvalue weighted by molar-refractivity contribution is 7.16. The molecule has 0 atom stereocenters. The summed E-state index contributed by atoms with van der Waals surface area (Å²) in [4.78, 5) is 14.4. The van der Waals surface area contributed by atoms with Gasteiger partial charge in [0.25, 0.3) is 5.69 Å². The van der Waals surface area contributed by atoms with Gasteiger partial charge in [0.15, 0.2) is 0 Å². The maximum atomic E-state index is 12.7. The summed E-state index contributed by atoms with van der Waals surface area (Å²) in [6.45, 7) is 0. The van der Waals surface area contributed by atoms with Crippen LogP contribution in [0.3, 0.4) is 0 Å². The fourth-order valence-corrected chi connectivity index (χ4v) is 2.79. The molecular formula is C14H7F3N2O2S. The van der Waals surface area contributed by atoms with Gasteiger partial charge < -0.3 is 0 Å². The van der Waals surface area contributed by atoms with Crippen LogP contribution in [-0.4, -0.2) is 9.91 Å². The van der Waals surface area contributed by atoms with Gasteiger partial charge in [0, 0.05) is 6.07 Å². The van der Waals surface area contributed by atoms with E-state index < -0.39 is 22.4 Å². The van der Waals surface area contributed by atoms with Crippen molar-refractivity contribution in [2.45, 2.75) is 6.18 Å². The normalized spacial score (nSPS) is 11.8. The first kappa shape index (κ1) is 14.5. The Bertz CT molecular complexity index is 874. The molecule has 0 N–H and O–H groups in total. The molecule has 0 unspecified atom stereocenters. The Hall–Kier alpha value is -2.48. The highest BCUT2D eigenvalue weighted by atomic mass is 32.1. The molecule has 0 aliphatic heterocycles. The lowest BCUT2D eigenvalue weighted by atomic mass is 10.0. The maximum Gasteiger partial charge on any atom is 0.416 e. The van der Waals surface area contributed by atoms with Crippen molar-refractivity contribution >= 4 is 27.2 Å². The Morgan fingerprint density at radius 1 is 1.14 bits per heavy atom. The van der Waals surface area contributed by atoms with Gasteiger partial charge in [-0.3, -0.25) is 10.1 Å². The summed E-state index contributed by atoms with van der Waals surface area (Å²) in [7, 11) is 0. The fraction of sp³-hybridized carbons (Fsp3) is 0.0714. The molecule has 0 spiro atoms. The first-order valence-electron chi connectivity index (χ1n) is 6.05. The van der Waals surface area contributed by atoms with Crippen LogP contribution in [0.15, 0.2) is 41.9 Å². The third-order valence-corrected chi connectivity index (χ3v) is 3.97. The third-order valence-electron chi connectivity index (χ3n) is 3.16. The van der Waals surface area contributed by atoms with E-state index >= 15 is 0 Å². The number of nitro groups is 1. The topological polar surface area (TPSA) is 56.0 Å². The van der Waals surface area contributed by atoms with E-state index in [1.807, 2.05) is 0 Å². The zero-order valence-electron chi connectivity index (χ0n) is 10.8. The van der Waals surface area contributed by atoms with Crippen molar-refractivity contribution in [2.75, 3.05) is 0 Å². The lowest BCUT2D eigenvalue weighted by Gasteiger charge is -2.09. The summed E-state index contributed by atoms with van der Waals surface area (Å²) >= 11 is 1.41. The molecule has 112 valence electrons. The molecule has 0 saturated carbocycles. The lowest BCUT2D eigenvalue weighted by Crippen LogP contribution is -2.06. The quantitative estimate of drug-likeness (QED) is 0.498. The molecule has 22 heavy (non-hydrogen) atoms. The standard InChI is InChI=1S/C14H7F3N2O2S/c15-14(16,17)9-2-3-10(12(6-9)19(20)21)8-1-4-13-11(5-8)18-7-22-13/h1-7H. The number of halogens is 3. The number of nitrogens with zero attached hydrogens (tertiary/aromatic N) is 2. The van der Waals surface area contributed by atoms with Gasteiger partial charge in [-0.25, -0.2) is 4.98 Å². The van der Waals surface area contributed by atoms with Crippen LogP contribution in [0.2, 0.25) is 0 Å². The minimum Gasteiger partial charge on any atom is -0.258 e. The lowest BCUT2D eigenvalue weighted by molar-refractivity contribution is -0.384. The second kappa shape index (κ2) is 5.06. The highest BCUT2D eigenvalue weighted by Gasteiger charge is 2.33. The van der Waals surface area contributed by atoms with E-state index in [0.717, 1.165) is 16.8 Å². The van der Waals surface area contributed by atoms with Crippen molar-refractivity contribution < 1.29 is 18.1 Å². The van der Waals surface area contributed by atoms with Gasteiger partial charge in [0.05, 0.1) is 31.8 Å². The Kier molecular flexibility index (Phi) is 3.32. The number of rotatable bonds is 2.